The molecule has 1 rings (SSSR count). The van der Waals surface area contributed by atoms with Gasteiger partial charge in [-0.25, -0.2) is 0 Å². The Morgan fingerprint density at radius 3 is 2.75 bits per heavy atom. The van der Waals surface area contributed by atoms with Crippen molar-refractivity contribution in [2.75, 3.05) is 31.9 Å². The van der Waals surface area contributed by atoms with Crippen LogP contribution in [0.25, 0.3) is 0 Å². The van der Waals surface area contributed by atoms with Crippen LogP contribution < -0.4 is 5.32 Å². The highest BCUT2D eigenvalue weighted by Crippen LogP contribution is 2.16. The molecule has 0 atom stereocenters. The van der Waals surface area contributed by atoms with Gasteiger partial charge in [-0.05, 0) is 30.8 Å². The molecule has 0 bridgehead atoms. The highest BCUT2D eigenvalue weighted by atomic mass is 35.5. The summed E-state index contributed by atoms with van der Waals surface area (Å²) in [7, 11) is 0. The Balaban J connectivity index is 2.14. The molecule has 0 aliphatic heterocycles. The van der Waals surface area contributed by atoms with Crippen LogP contribution in [-0.2, 0) is 10.5 Å². The molecular formula is C15H23ClN2OS. The zero-order valence-electron chi connectivity index (χ0n) is 12.2. The van der Waals surface area contributed by atoms with Crippen LogP contribution in [0.2, 0.25) is 5.02 Å². The van der Waals surface area contributed by atoms with Crippen molar-refractivity contribution >= 4 is 29.3 Å². The van der Waals surface area contributed by atoms with E-state index in [-0.39, 0.29) is 5.91 Å². The Labute approximate surface area is 131 Å². The fraction of sp³-hybridized carbons (Fsp3) is 0.533. The van der Waals surface area contributed by atoms with Crippen molar-refractivity contribution in [1.29, 1.82) is 0 Å². The number of nitrogens with zero attached hydrogens (tertiary/aromatic N) is 1. The Hall–Kier alpha value is -0.710. The molecule has 5 heteroatoms. The molecule has 3 nitrogen and oxygen atoms in total. The molecule has 0 spiro atoms. The molecule has 20 heavy (non-hydrogen) atoms. The minimum Gasteiger partial charge on any atom is -0.354 e. The molecule has 0 aliphatic carbocycles. The highest BCUT2D eigenvalue weighted by molar-refractivity contribution is 7.99. The lowest BCUT2D eigenvalue weighted by Gasteiger charge is -2.17. The van der Waals surface area contributed by atoms with E-state index >= 15 is 0 Å². The zero-order valence-corrected chi connectivity index (χ0v) is 13.8. The molecular weight excluding hydrogens is 292 g/mol. The van der Waals surface area contributed by atoms with Crippen LogP contribution in [0.4, 0.5) is 0 Å². The van der Waals surface area contributed by atoms with Crippen LogP contribution in [0, 0.1) is 0 Å². The summed E-state index contributed by atoms with van der Waals surface area (Å²) < 4.78 is 0. The monoisotopic (exact) mass is 314 g/mol. The predicted molar refractivity (Wildman–Crippen MR) is 88.4 cm³/mol. The van der Waals surface area contributed by atoms with E-state index in [0.29, 0.717) is 5.75 Å². The van der Waals surface area contributed by atoms with Crippen molar-refractivity contribution < 1.29 is 4.79 Å². The summed E-state index contributed by atoms with van der Waals surface area (Å²) in [5.74, 6) is 1.40. The van der Waals surface area contributed by atoms with E-state index in [1.165, 1.54) is 0 Å². The molecule has 1 amide bonds. The number of amides is 1. The molecule has 1 N–H and O–H groups in total. The van der Waals surface area contributed by atoms with E-state index in [0.717, 1.165) is 42.5 Å². The van der Waals surface area contributed by atoms with Gasteiger partial charge in [-0.2, -0.15) is 0 Å². The molecule has 0 saturated heterocycles. The second kappa shape index (κ2) is 10.1. The second-order valence-corrected chi connectivity index (χ2v) is 5.92. The Morgan fingerprint density at radius 2 is 2.10 bits per heavy atom. The number of hydrogen-bond acceptors (Lipinski definition) is 3. The van der Waals surface area contributed by atoms with Gasteiger partial charge in [0, 0.05) is 23.9 Å². The Bertz CT molecular complexity index is 411. The first-order valence-corrected chi connectivity index (χ1v) is 8.50. The summed E-state index contributed by atoms with van der Waals surface area (Å²) in [6.45, 7) is 7.94. The molecule has 0 saturated carbocycles. The second-order valence-electron chi connectivity index (χ2n) is 4.50. The van der Waals surface area contributed by atoms with E-state index in [1.807, 2.05) is 24.3 Å². The molecule has 0 aromatic heterocycles. The van der Waals surface area contributed by atoms with Gasteiger partial charge in [0.1, 0.15) is 0 Å². The van der Waals surface area contributed by atoms with Crippen LogP contribution in [0.3, 0.4) is 0 Å². The van der Waals surface area contributed by atoms with Crippen LogP contribution in [0.1, 0.15) is 19.4 Å². The lowest BCUT2D eigenvalue weighted by atomic mass is 10.2. The first-order valence-electron chi connectivity index (χ1n) is 6.97. The first-order chi connectivity index (χ1) is 9.65. The molecule has 1 aromatic rings. The number of rotatable bonds is 9. The minimum absolute atomic E-state index is 0.101. The number of halogens is 1. The number of benzene rings is 1. The molecule has 0 heterocycles. The van der Waals surface area contributed by atoms with E-state index in [9.17, 15) is 4.79 Å². The van der Waals surface area contributed by atoms with Crippen LogP contribution >= 0.6 is 23.4 Å². The molecule has 112 valence electrons. The topological polar surface area (TPSA) is 32.3 Å². The molecule has 0 radical (unpaired) electrons. The zero-order chi connectivity index (χ0) is 14.8. The number of carbonyl (C=O) groups is 1. The van der Waals surface area contributed by atoms with E-state index < -0.39 is 0 Å². The van der Waals surface area contributed by atoms with Gasteiger partial charge >= 0.3 is 0 Å². The third kappa shape index (κ3) is 7.17. The van der Waals surface area contributed by atoms with Crippen molar-refractivity contribution in [3.05, 3.63) is 34.9 Å². The number of thioether (sulfide) groups is 1. The molecule has 1 aromatic carbocycles. The average Bonchev–Trinajstić information content (AvgIpc) is 2.44. The maximum atomic E-state index is 11.7. The van der Waals surface area contributed by atoms with Gasteiger partial charge < -0.3 is 10.2 Å². The van der Waals surface area contributed by atoms with E-state index in [4.69, 9.17) is 11.6 Å². The smallest absolute Gasteiger partial charge is 0.230 e. The normalized spacial score (nSPS) is 10.8. The number of likely N-dealkylation sites (N-methyl/N-ethyl adjacent to an activating group) is 1. The number of carbonyl (C=O) groups excluding carboxylic acids is 1. The van der Waals surface area contributed by atoms with Gasteiger partial charge in [-0.3, -0.25) is 4.79 Å². The maximum absolute atomic E-state index is 11.7. The SMILES string of the molecule is CCN(CC)CCNC(=O)CSCc1cccc(Cl)c1. The standard InChI is InChI=1S/C15H23ClN2OS/c1-3-18(4-2)9-8-17-15(19)12-20-11-13-6-5-7-14(16)10-13/h5-7,10H,3-4,8-9,11-12H2,1-2H3,(H,17,19). The molecule has 0 fully saturated rings. The van der Waals surface area contributed by atoms with Gasteiger partial charge in [-0.15, -0.1) is 11.8 Å². The number of nitrogens with one attached hydrogen (secondary N) is 1. The lowest BCUT2D eigenvalue weighted by Crippen LogP contribution is -2.35. The summed E-state index contributed by atoms with van der Waals surface area (Å²) in [4.78, 5) is 14.0. The highest BCUT2D eigenvalue weighted by Gasteiger charge is 2.03. The van der Waals surface area contributed by atoms with Crippen molar-refractivity contribution in [2.45, 2.75) is 19.6 Å². The fourth-order valence-electron chi connectivity index (χ4n) is 1.83. The Morgan fingerprint density at radius 1 is 1.35 bits per heavy atom. The number of hydrogen-bond donors (Lipinski definition) is 1. The van der Waals surface area contributed by atoms with Crippen molar-refractivity contribution in [3.8, 4) is 0 Å². The van der Waals surface area contributed by atoms with Crippen LogP contribution in [0.5, 0.6) is 0 Å². The summed E-state index contributed by atoms with van der Waals surface area (Å²) in [5.41, 5.74) is 1.15. The summed E-state index contributed by atoms with van der Waals surface area (Å²) >= 11 is 7.53. The van der Waals surface area contributed by atoms with Gasteiger partial charge in [0.2, 0.25) is 5.91 Å². The van der Waals surface area contributed by atoms with Crippen molar-refractivity contribution in [1.82, 2.24) is 10.2 Å². The fourth-order valence-corrected chi connectivity index (χ4v) is 2.85. The van der Waals surface area contributed by atoms with E-state index in [2.05, 4.69) is 24.1 Å². The van der Waals surface area contributed by atoms with Gasteiger partial charge in [0.05, 0.1) is 5.75 Å². The quantitative estimate of drug-likeness (QED) is 0.760. The third-order valence-corrected chi connectivity index (χ3v) is 4.27. The average molecular weight is 315 g/mol. The van der Waals surface area contributed by atoms with Gasteiger partial charge in [-0.1, -0.05) is 37.6 Å². The lowest BCUT2D eigenvalue weighted by molar-refractivity contribution is -0.118. The first kappa shape index (κ1) is 17.3. The third-order valence-electron chi connectivity index (χ3n) is 3.04. The summed E-state index contributed by atoms with van der Waals surface area (Å²) in [6.07, 6.45) is 0. The van der Waals surface area contributed by atoms with Gasteiger partial charge in [0.15, 0.2) is 0 Å². The predicted octanol–water partition coefficient (Wildman–Crippen LogP) is 3.03. The van der Waals surface area contributed by atoms with Crippen LogP contribution in [0.15, 0.2) is 24.3 Å². The van der Waals surface area contributed by atoms with Crippen molar-refractivity contribution in [3.63, 3.8) is 0 Å². The van der Waals surface area contributed by atoms with E-state index in [1.54, 1.807) is 11.8 Å². The minimum atomic E-state index is 0.101. The van der Waals surface area contributed by atoms with Gasteiger partial charge in [0.25, 0.3) is 0 Å². The molecule has 0 aliphatic rings. The van der Waals surface area contributed by atoms with Crippen LogP contribution in [-0.4, -0.2) is 42.7 Å². The van der Waals surface area contributed by atoms with Crippen molar-refractivity contribution in [2.24, 2.45) is 0 Å². The molecule has 0 unspecified atom stereocenters. The summed E-state index contributed by atoms with van der Waals surface area (Å²) in [5, 5.41) is 3.69. The largest absolute Gasteiger partial charge is 0.354 e. The Kier molecular flexibility index (Phi) is 8.74. The summed E-state index contributed by atoms with van der Waals surface area (Å²) in [6, 6.07) is 7.75. The maximum Gasteiger partial charge on any atom is 0.230 e.